The Morgan fingerprint density at radius 2 is 1.71 bits per heavy atom. The number of anilines is 1. The van der Waals surface area contributed by atoms with Crippen molar-refractivity contribution in [2.24, 2.45) is 0 Å². The minimum absolute atomic E-state index is 0.612. The van der Waals surface area contributed by atoms with Crippen molar-refractivity contribution < 1.29 is 4.42 Å². The summed E-state index contributed by atoms with van der Waals surface area (Å²) in [6.45, 7) is 4.77. The van der Waals surface area contributed by atoms with Crippen LogP contribution >= 0.6 is 23.2 Å². The van der Waals surface area contributed by atoms with Crippen LogP contribution in [0.3, 0.4) is 0 Å². The average molecular weight is 361 g/mol. The van der Waals surface area contributed by atoms with Gasteiger partial charge in [-0.3, -0.25) is 4.90 Å². The lowest BCUT2D eigenvalue weighted by molar-refractivity contribution is 0.250. The van der Waals surface area contributed by atoms with Crippen molar-refractivity contribution in [3.63, 3.8) is 0 Å². The van der Waals surface area contributed by atoms with Gasteiger partial charge in [0.15, 0.2) is 0 Å². The molecule has 5 heteroatoms. The Labute approximate surface area is 151 Å². The summed E-state index contributed by atoms with van der Waals surface area (Å²) in [4.78, 5) is 4.75. The number of fused-ring (bicyclic) bond motifs is 1. The molecule has 0 spiro atoms. The van der Waals surface area contributed by atoms with Crippen molar-refractivity contribution in [1.82, 2.24) is 4.90 Å². The summed E-state index contributed by atoms with van der Waals surface area (Å²) in [5.41, 5.74) is 3.23. The summed E-state index contributed by atoms with van der Waals surface area (Å²) in [5.74, 6) is 0. The molecule has 3 aromatic rings. The highest BCUT2D eigenvalue weighted by Gasteiger charge is 2.20. The Morgan fingerprint density at radius 1 is 0.917 bits per heavy atom. The molecule has 0 bridgehead atoms. The quantitative estimate of drug-likeness (QED) is 0.650. The van der Waals surface area contributed by atoms with Crippen LogP contribution in [0, 0.1) is 0 Å². The van der Waals surface area contributed by atoms with Gasteiger partial charge in [0.25, 0.3) is 0 Å². The number of furan rings is 1. The molecule has 0 saturated carbocycles. The van der Waals surface area contributed by atoms with Crippen LogP contribution in [0.4, 0.5) is 5.69 Å². The number of halogens is 2. The van der Waals surface area contributed by atoms with Gasteiger partial charge in [0.1, 0.15) is 5.58 Å². The van der Waals surface area contributed by atoms with Gasteiger partial charge in [-0.1, -0.05) is 47.5 Å². The Kier molecular flexibility index (Phi) is 4.40. The third-order valence-electron chi connectivity index (χ3n) is 4.60. The molecule has 1 aliphatic rings. The average Bonchev–Trinajstić information content (AvgIpc) is 3.01. The van der Waals surface area contributed by atoms with Crippen molar-refractivity contribution in [3.8, 4) is 0 Å². The maximum Gasteiger partial charge on any atom is 0.134 e. The lowest BCUT2D eigenvalue weighted by Crippen LogP contribution is -2.46. The second-order valence-corrected chi connectivity index (χ2v) is 6.88. The molecule has 124 valence electrons. The monoisotopic (exact) mass is 360 g/mol. The van der Waals surface area contributed by atoms with E-state index in [9.17, 15) is 0 Å². The van der Waals surface area contributed by atoms with Crippen LogP contribution in [0.5, 0.6) is 0 Å². The summed E-state index contributed by atoms with van der Waals surface area (Å²) in [6.07, 6.45) is 1.88. The molecule has 3 nitrogen and oxygen atoms in total. The fraction of sp³-hybridized carbons (Fsp3) is 0.263. The van der Waals surface area contributed by atoms with Crippen LogP contribution in [-0.2, 0) is 6.54 Å². The fourth-order valence-corrected chi connectivity index (χ4v) is 3.69. The number of nitrogens with zero attached hydrogens (tertiary/aromatic N) is 2. The molecule has 4 rings (SSSR count). The fourth-order valence-electron chi connectivity index (χ4n) is 3.28. The number of para-hydroxylation sites is 1. The van der Waals surface area contributed by atoms with Crippen molar-refractivity contribution in [2.75, 3.05) is 31.1 Å². The van der Waals surface area contributed by atoms with Gasteiger partial charge in [-0.05, 0) is 18.2 Å². The van der Waals surface area contributed by atoms with E-state index in [2.05, 4.69) is 21.9 Å². The zero-order valence-corrected chi connectivity index (χ0v) is 14.7. The van der Waals surface area contributed by atoms with Crippen LogP contribution in [0.1, 0.15) is 5.56 Å². The van der Waals surface area contributed by atoms with E-state index < -0.39 is 0 Å². The van der Waals surface area contributed by atoms with E-state index in [4.69, 9.17) is 27.6 Å². The molecule has 2 heterocycles. The first-order chi connectivity index (χ1) is 11.7. The number of rotatable bonds is 3. The van der Waals surface area contributed by atoms with E-state index in [1.807, 2.05) is 36.6 Å². The molecule has 24 heavy (non-hydrogen) atoms. The highest BCUT2D eigenvalue weighted by atomic mass is 35.5. The van der Waals surface area contributed by atoms with Crippen LogP contribution < -0.4 is 4.90 Å². The number of piperazine rings is 1. The smallest absolute Gasteiger partial charge is 0.134 e. The van der Waals surface area contributed by atoms with E-state index in [0.717, 1.165) is 44.0 Å². The Morgan fingerprint density at radius 3 is 2.54 bits per heavy atom. The van der Waals surface area contributed by atoms with Gasteiger partial charge in [0, 0.05) is 43.7 Å². The molecule has 1 aromatic heterocycles. The summed E-state index contributed by atoms with van der Waals surface area (Å²) in [6, 6.07) is 14.0. The molecule has 0 radical (unpaired) electrons. The van der Waals surface area contributed by atoms with E-state index in [0.29, 0.717) is 10.0 Å². The summed E-state index contributed by atoms with van der Waals surface area (Å²) in [7, 11) is 0. The van der Waals surface area contributed by atoms with Crippen LogP contribution in [0.15, 0.2) is 53.1 Å². The van der Waals surface area contributed by atoms with Gasteiger partial charge in [-0.2, -0.15) is 0 Å². The highest BCUT2D eigenvalue weighted by molar-refractivity contribution is 6.43. The van der Waals surface area contributed by atoms with E-state index in [-0.39, 0.29) is 0 Å². The molecular weight excluding hydrogens is 343 g/mol. The Hall–Kier alpha value is -1.68. The summed E-state index contributed by atoms with van der Waals surface area (Å²) >= 11 is 12.5. The van der Waals surface area contributed by atoms with Crippen LogP contribution in [0.25, 0.3) is 11.0 Å². The third kappa shape index (κ3) is 3.00. The largest absolute Gasteiger partial charge is 0.464 e. The number of hydrogen-bond donors (Lipinski definition) is 0. The lowest BCUT2D eigenvalue weighted by Gasteiger charge is -2.36. The molecular formula is C19H18Cl2N2O. The van der Waals surface area contributed by atoms with Gasteiger partial charge >= 0.3 is 0 Å². The number of benzene rings is 2. The molecule has 0 aliphatic carbocycles. The SMILES string of the molecule is Clc1cccc(N2CCN(Cc3coc4ccccc34)CC2)c1Cl. The van der Waals surface area contributed by atoms with Crippen molar-refractivity contribution in [1.29, 1.82) is 0 Å². The maximum absolute atomic E-state index is 6.34. The van der Waals surface area contributed by atoms with Crippen molar-refractivity contribution in [2.45, 2.75) is 6.54 Å². The topological polar surface area (TPSA) is 19.6 Å². The minimum Gasteiger partial charge on any atom is -0.464 e. The first-order valence-electron chi connectivity index (χ1n) is 8.09. The molecule has 1 saturated heterocycles. The highest BCUT2D eigenvalue weighted by Crippen LogP contribution is 2.33. The molecule has 1 fully saturated rings. The van der Waals surface area contributed by atoms with Gasteiger partial charge in [-0.15, -0.1) is 0 Å². The van der Waals surface area contributed by atoms with Crippen LogP contribution in [-0.4, -0.2) is 31.1 Å². The Bertz CT molecular complexity index is 853. The van der Waals surface area contributed by atoms with Crippen LogP contribution in [0.2, 0.25) is 10.0 Å². The van der Waals surface area contributed by atoms with Crippen molar-refractivity contribution >= 4 is 39.9 Å². The molecule has 0 N–H and O–H groups in total. The van der Waals surface area contributed by atoms with E-state index >= 15 is 0 Å². The van der Waals surface area contributed by atoms with E-state index in [1.165, 1.54) is 10.9 Å². The van der Waals surface area contributed by atoms with E-state index in [1.54, 1.807) is 0 Å². The second kappa shape index (κ2) is 6.67. The first-order valence-corrected chi connectivity index (χ1v) is 8.84. The van der Waals surface area contributed by atoms with Gasteiger partial charge < -0.3 is 9.32 Å². The Balaban J connectivity index is 1.44. The maximum atomic E-state index is 6.34. The minimum atomic E-state index is 0.612. The predicted molar refractivity (Wildman–Crippen MR) is 100 cm³/mol. The normalized spacial score (nSPS) is 16.0. The molecule has 0 atom stereocenters. The van der Waals surface area contributed by atoms with Crippen molar-refractivity contribution in [3.05, 3.63) is 64.3 Å². The van der Waals surface area contributed by atoms with Gasteiger partial charge in [-0.25, -0.2) is 0 Å². The number of hydrogen-bond acceptors (Lipinski definition) is 3. The second-order valence-electron chi connectivity index (χ2n) is 6.09. The summed E-state index contributed by atoms with van der Waals surface area (Å²) in [5, 5.41) is 2.47. The standard InChI is InChI=1S/C19H18Cl2N2O/c20-16-5-3-6-17(19(16)21)23-10-8-22(9-11-23)12-14-13-24-18-7-2-1-4-15(14)18/h1-7,13H,8-12H2. The zero-order chi connectivity index (χ0) is 16.5. The molecule has 1 aliphatic heterocycles. The molecule has 0 unspecified atom stereocenters. The third-order valence-corrected chi connectivity index (χ3v) is 5.41. The van der Waals surface area contributed by atoms with Gasteiger partial charge in [0.2, 0.25) is 0 Å². The first kappa shape index (κ1) is 15.8. The molecule has 2 aromatic carbocycles. The lowest BCUT2D eigenvalue weighted by atomic mass is 10.1. The molecule has 0 amide bonds. The summed E-state index contributed by atoms with van der Waals surface area (Å²) < 4.78 is 5.64. The van der Waals surface area contributed by atoms with Gasteiger partial charge in [0.05, 0.1) is 22.0 Å². The predicted octanol–water partition coefficient (Wildman–Crippen LogP) is 5.06. The zero-order valence-electron chi connectivity index (χ0n) is 13.2.